The maximum absolute atomic E-state index is 11.2. The lowest BCUT2D eigenvalue weighted by Gasteiger charge is -2.15. The van der Waals surface area contributed by atoms with Crippen molar-refractivity contribution in [2.75, 3.05) is 12.0 Å². The van der Waals surface area contributed by atoms with E-state index in [4.69, 9.17) is 5.84 Å². The summed E-state index contributed by atoms with van der Waals surface area (Å²) in [5.41, 5.74) is 6.02. The molecule has 0 aliphatic rings. The summed E-state index contributed by atoms with van der Waals surface area (Å²) in [4.78, 5) is 0. The summed E-state index contributed by atoms with van der Waals surface area (Å²) < 4.78 is 22.5. The molecule has 1 unspecified atom stereocenters. The summed E-state index contributed by atoms with van der Waals surface area (Å²) in [5.74, 6) is 5.44. The number of sulfone groups is 1. The molecule has 1 aromatic rings. The van der Waals surface area contributed by atoms with Gasteiger partial charge < -0.3 is 0 Å². The Bertz CT molecular complexity index is 463. The fourth-order valence-electron chi connectivity index (χ4n) is 2.00. The van der Waals surface area contributed by atoms with Crippen LogP contribution in [-0.4, -0.2) is 26.5 Å². The van der Waals surface area contributed by atoms with Crippen LogP contribution in [0, 0.1) is 13.8 Å². The molecule has 0 saturated carbocycles. The Hall–Kier alpha value is -0.910. The average molecular weight is 256 g/mol. The first-order valence-corrected chi connectivity index (χ1v) is 7.57. The zero-order chi connectivity index (χ0) is 13.1. The zero-order valence-electron chi connectivity index (χ0n) is 10.5. The van der Waals surface area contributed by atoms with Gasteiger partial charge in [0, 0.05) is 12.3 Å². The van der Waals surface area contributed by atoms with E-state index in [2.05, 4.69) is 23.6 Å². The molecule has 0 spiro atoms. The van der Waals surface area contributed by atoms with Gasteiger partial charge in [-0.2, -0.15) is 0 Å². The molecule has 96 valence electrons. The van der Waals surface area contributed by atoms with Gasteiger partial charge >= 0.3 is 0 Å². The lowest BCUT2D eigenvalue weighted by molar-refractivity contribution is 0.546. The summed E-state index contributed by atoms with van der Waals surface area (Å²) in [5, 5.41) is 0. The Kier molecular flexibility index (Phi) is 4.68. The number of aryl methyl sites for hydroxylation is 2. The number of hydrazine groups is 1. The molecule has 4 nitrogen and oxygen atoms in total. The van der Waals surface area contributed by atoms with E-state index in [0.717, 1.165) is 5.56 Å². The van der Waals surface area contributed by atoms with Crippen molar-refractivity contribution in [3.63, 3.8) is 0 Å². The minimum Gasteiger partial charge on any atom is -0.271 e. The highest BCUT2D eigenvalue weighted by molar-refractivity contribution is 7.90. The molecule has 0 aliphatic carbocycles. The van der Waals surface area contributed by atoms with Crippen LogP contribution < -0.4 is 11.3 Å². The first-order chi connectivity index (χ1) is 7.80. The quantitative estimate of drug-likeness (QED) is 0.601. The van der Waals surface area contributed by atoms with E-state index in [1.54, 1.807) is 0 Å². The highest BCUT2D eigenvalue weighted by atomic mass is 32.2. The Labute approximate surface area is 103 Å². The van der Waals surface area contributed by atoms with Gasteiger partial charge in [0.1, 0.15) is 9.84 Å². The van der Waals surface area contributed by atoms with Gasteiger partial charge in [0.2, 0.25) is 0 Å². The monoisotopic (exact) mass is 256 g/mol. The Balaban J connectivity index is 2.80. The van der Waals surface area contributed by atoms with Gasteiger partial charge in [-0.15, -0.1) is 0 Å². The molecule has 0 bridgehead atoms. The second-order valence-electron chi connectivity index (χ2n) is 4.66. The lowest BCUT2D eigenvalue weighted by atomic mass is 10.0. The standard InChI is InChI=1S/C12H20N2O2S/c1-9-4-10(2)6-11(5-9)7-12(14-13)8-17(3,15)16/h4-6,12,14H,7-8,13H2,1-3H3. The summed E-state index contributed by atoms with van der Waals surface area (Å²) in [6.07, 6.45) is 1.84. The van der Waals surface area contributed by atoms with E-state index < -0.39 is 9.84 Å². The minimum atomic E-state index is -3.02. The minimum absolute atomic E-state index is 0.0521. The third-order valence-electron chi connectivity index (χ3n) is 2.50. The lowest BCUT2D eigenvalue weighted by Crippen LogP contribution is -2.41. The van der Waals surface area contributed by atoms with Crippen LogP contribution in [0.5, 0.6) is 0 Å². The van der Waals surface area contributed by atoms with Crippen molar-refractivity contribution in [1.29, 1.82) is 0 Å². The van der Waals surface area contributed by atoms with Gasteiger partial charge in [-0.25, -0.2) is 8.42 Å². The van der Waals surface area contributed by atoms with Crippen molar-refractivity contribution in [2.24, 2.45) is 5.84 Å². The van der Waals surface area contributed by atoms with Crippen LogP contribution in [0.15, 0.2) is 18.2 Å². The van der Waals surface area contributed by atoms with Crippen LogP contribution >= 0.6 is 0 Å². The SMILES string of the molecule is Cc1cc(C)cc(CC(CS(C)(=O)=O)NN)c1. The van der Waals surface area contributed by atoms with E-state index >= 15 is 0 Å². The van der Waals surface area contributed by atoms with E-state index in [9.17, 15) is 8.42 Å². The molecule has 0 fully saturated rings. The van der Waals surface area contributed by atoms with Crippen molar-refractivity contribution in [2.45, 2.75) is 26.3 Å². The van der Waals surface area contributed by atoms with Crippen LogP contribution in [0.25, 0.3) is 0 Å². The second-order valence-corrected chi connectivity index (χ2v) is 6.84. The molecular weight excluding hydrogens is 236 g/mol. The molecule has 3 N–H and O–H groups in total. The Morgan fingerprint density at radius 1 is 1.24 bits per heavy atom. The molecule has 0 aliphatic heterocycles. The number of rotatable bonds is 5. The molecule has 0 amide bonds. The zero-order valence-corrected chi connectivity index (χ0v) is 11.3. The summed E-state index contributed by atoms with van der Waals surface area (Å²) in [6, 6.07) is 5.95. The van der Waals surface area contributed by atoms with Crippen molar-refractivity contribution in [3.05, 3.63) is 34.9 Å². The van der Waals surface area contributed by atoms with E-state index in [0.29, 0.717) is 6.42 Å². The Morgan fingerprint density at radius 3 is 2.18 bits per heavy atom. The van der Waals surface area contributed by atoms with Gasteiger partial charge in [-0.1, -0.05) is 29.3 Å². The number of nitrogens with one attached hydrogen (secondary N) is 1. The largest absolute Gasteiger partial charge is 0.271 e. The molecule has 0 heterocycles. The maximum Gasteiger partial charge on any atom is 0.149 e. The molecule has 0 saturated heterocycles. The third-order valence-corrected chi connectivity index (χ3v) is 3.51. The first-order valence-electron chi connectivity index (χ1n) is 5.51. The summed E-state index contributed by atoms with van der Waals surface area (Å²) in [6.45, 7) is 4.05. The molecule has 1 atom stereocenters. The van der Waals surface area contributed by atoms with Gasteiger partial charge in [0.25, 0.3) is 0 Å². The first kappa shape index (κ1) is 14.2. The second kappa shape index (κ2) is 5.62. The maximum atomic E-state index is 11.2. The molecule has 1 aromatic carbocycles. The van der Waals surface area contributed by atoms with E-state index in [1.807, 2.05) is 13.8 Å². The van der Waals surface area contributed by atoms with Crippen molar-refractivity contribution < 1.29 is 8.42 Å². The van der Waals surface area contributed by atoms with Crippen LogP contribution in [0.1, 0.15) is 16.7 Å². The molecule has 5 heteroatoms. The normalized spacial score (nSPS) is 13.6. The smallest absolute Gasteiger partial charge is 0.149 e. The van der Waals surface area contributed by atoms with Gasteiger partial charge in [-0.3, -0.25) is 11.3 Å². The van der Waals surface area contributed by atoms with Gasteiger partial charge in [-0.05, 0) is 25.8 Å². The van der Waals surface area contributed by atoms with Gasteiger partial charge in [0.05, 0.1) is 5.75 Å². The number of hydrogen-bond donors (Lipinski definition) is 2. The van der Waals surface area contributed by atoms with Crippen LogP contribution in [0.3, 0.4) is 0 Å². The Morgan fingerprint density at radius 2 is 1.76 bits per heavy atom. The summed E-state index contributed by atoms with van der Waals surface area (Å²) >= 11 is 0. The number of hydrogen-bond acceptors (Lipinski definition) is 4. The van der Waals surface area contributed by atoms with E-state index in [1.165, 1.54) is 17.4 Å². The van der Waals surface area contributed by atoms with Crippen molar-refractivity contribution in [1.82, 2.24) is 5.43 Å². The highest BCUT2D eigenvalue weighted by Crippen LogP contribution is 2.11. The van der Waals surface area contributed by atoms with Crippen molar-refractivity contribution >= 4 is 9.84 Å². The predicted molar refractivity (Wildman–Crippen MR) is 70.4 cm³/mol. The highest BCUT2D eigenvalue weighted by Gasteiger charge is 2.14. The van der Waals surface area contributed by atoms with Crippen LogP contribution in [0.2, 0.25) is 0 Å². The topological polar surface area (TPSA) is 72.2 Å². The van der Waals surface area contributed by atoms with Crippen molar-refractivity contribution in [3.8, 4) is 0 Å². The van der Waals surface area contributed by atoms with Crippen LogP contribution in [-0.2, 0) is 16.3 Å². The fourth-order valence-corrected chi connectivity index (χ4v) is 2.95. The fraction of sp³-hybridized carbons (Fsp3) is 0.500. The van der Waals surface area contributed by atoms with Crippen LogP contribution in [0.4, 0.5) is 0 Å². The molecule has 17 heavy (non-hydrogen) atoms. The average Bonchev–Trinajstić information content (AvgIpc) is 2.12. The third kappa shape index (κ3) is 5.30. The summed E-state index contributed by atoms with van der Waals surface area (Å²) in [7, 11) is -3.02. The van der Waals surface area contributed by atoms with Gasteiger partial charge in [0.15, 0.2) is 0 Å². The number of nitrogens with two attached hydrogens (primary N) is 1. The molecular formula is C12H20N2O2S. The van der Waals surface area contributed by atoms with E-state index in [-0.39, 0.29) is 11.8 Å². The molecule has 0 aromatic heterocycles. The number of benzene rings is 1. The predicted octanol–water partition coefficient (Wildman–Crippen LogP) is 0.722. The molecule has 0 radical (unpaired) electrons. The molecule has 1 rings (SSSR count).